The maximum absolute atomic E-state index is 13.5. The van der Waals surface area contributed by atoms with Crippen molar-refractivity contribution in [1.29, 1.82) is 0 Å². The molecule has 4 heteroatoms. The standard InChI is InChI=1S/C14H12FIN2/c1-10-13(15)7-11(8-14(10)16)9-17-18-12-5-3-2-4-6-12/h2-9,18H,1H3. The van der Waals surface area contributed by atoms with Crippen LogP contribution in [0.5, 0.6) is 0 Å². The van der Waals surface area contributed by atoms with Gasteiger partial charge in [0.1, 0.15) is 5.82 Å². The fraction of sp³-hybridized carbons (Fsp3) is 0.0714. The number of rotatable bonds is 3. The van der Waals surface area contributed by atoms with Gasteiger partial charge in [0.2, 0.25) is 0 Å². The lowest BCUT2D eigenvalue weighted by atomic mass is 10.1. The number of benzene rings is 2. The van der Waals surface area contributed by atoms with E-state index in [0.717, 1.165) is 14.8 Å². The highest BCUT2D eigenvalue weighted by Gasteiger charge is 2.03. The van der Waals surface area contributed by atoms with Crippen molar-refractivity contribution in [2.24, 2.45) is 5.10 Å². The third-order valence-corrected chi connectivity index (χ3v) is 3.60. The van der Waals surface area contributed by atoms with Gasteiger partial charge in [-0.1, -0.05) is 18.2 Å². The van der Waals surface area contributed by atoms with Gasteiger partial charge in [0.15, 0.2) is 0 Å². The number of nitrogens with one attached hydrogen (secondary N) is 1. The van der Waals surface area contributed by atoms with E-state index in [9.17, 15) is 4.39 Å². The van der Waals surface area contributed by atoms with E-state index < -0.39 is 0 Å². The molecule has 0 unspecified atom stereocenters. The molecule has 0 heterocycles. The number of hydrazone groups is 1. The highest BCUT2D eigenvalue weighted by atomic mass is 127. The van der Waals surface area contributed by atoms with Gasteiger partial charge in [0.05, 0.1) is 11.9 Å². The summed E-state index contributed by atoms with van der Waals surface area (Å²) < 4.78 is 14.4. The molecule has 2 aromatic carbocycles. The Labute approximate surface area is 119 Å². The molecule has 92 valence electrons. The van der Waals surface area contributed by atoms with Crippen LogP contribution in [0, 0.1) is 16.3 Å². The van der Waals surface area contributed by atoms with Crippen LogP contribution in [0.1, 0.15) is 11.1 Å². The zero-order valence-electron chi connectivity index (χ0n) is 9.82. The van der Waals surface area contributed by atoms with Crippen LogP contribution in [-0.4, -0.2) is 6.21 Å². The SMILES string of the molecule is Cc1c(F)cc(C=NNc2ccccc2)cc1I. The highest BCUT2D eigenvalue weighted by molar-refractivity contribution is 14.1. The molecule has 0 atom stereocenters. The van der Waals surface area contributed by atoms with Crippen LogP contribution in [0.4, 0.5) is 10.1 Å². The Morgan fingerprint density at radius 1 is 1.22 bits per heavy atom. The van der Waals surface area contributed by atoms with Crippen LogP contribution in [0.2, 0.25) is 0 Å². The van der Waals surface area contributed by atoms with Gasteiger partial charge in [-0.25, -0.2) is 4.39 Å². The van der Waals surface area contributed by atoms with Crippen LogP contribution in [0.15, 0.2) is 47.6 Å². The molecule has 2 rings (SSSR count). The Bertz CT molecular complexity index is 544. The van der Waals surface area contributed by atoms with Crippen LogP contribution in [0.3, 0.4) is 0 Å². The van der Waals surface area contributed by atoms with Gasteiger partial charge in [-0.3, -0.25) is 5.43 Å². The first-order chi connectivity index (χ1) is 8.66. The van der Waals surface area contributed by atoms with Gasteiger partial charge in [-0.15, -0.1) is 0 Å². The molecule has 2 aromatic rings. The molecule has 0 amide bonds. The largest absolute Gasteiger partial charge is 0.279 e. The van der Waals surface area contributed by atoms with E-state index in [1.807, 2.05) is 36.4 Å². The van der Waals surface area contributed by atoms with E-state index in [0.29, 0.717) is 5.56 Å². The summed E-state index contributed by atoms with van der Waals surface area (Å²) in [6.45, 7) is 1.76. The maximum Gasteiger partial charge on any atom is 0.127 e. The molecule has 0 bridgehead atoms. The van der Waals surface area contributed by atoms with Crippen molar-refractivity contribution in [3.05, 3.63) is 63.0 Å². The first-order valence-electron chi connectivity index (χ1n) is 5.46. The summed E-state index contributed by atoms with van der Waals surface area (Å²) in [6.07, 6.45) is 1.61. The topological polar surface area (TPSA) is 24.4 Å². The number of halogens is 2. The smallest absolute Gasteiger partial charge is 0.127 e. The molecule has 0 aromatic heterocycles. The van der Waals surface area contributed by atoms with Crippen LogP contribution >= 0.6 is 22.6 Å². The predicted octanol–water partition coefficient (Wildman–Crippen LogP) is 4.18. The number of anilines is 1. The van der Waals surface area contributed by atoms with Gasteiger partial charge in [0.25, 0.3) is 0 Å². The summed E-state index contributed by atoms with van der Waals surface area (Å²) in [6, 6.07) is 13.0. The average molecular weight is 354 g/mol. The molecule has 0 spiro atoms. The zero-order valence-corrected chi connectivity index (χ0v) is 12.0. The third kappa shape index (κ3) is 3.29. The monoisotopic (exact) mass is 354 g/mol. The lowest BCUT2D eigenvalue weighted by Crippen LogP contribution is -1.94. The van der Waals surface area contributed by atoms with E-state index >= 15 is 0 Å². The Morgan fingerprint density at radius 3 is 2.61 bits per heavy atom. The second-order valence-electron chi connectivity index (χ2n) is 3.85. The van der Waals surface area contributed by atoms with Gasteiger partial charge < -0.3 is 0 Å². The quantitative estimate of drug-likeness (QED) is 0.499. The first-order valence-corrected chi connectivity index (χ1v) is 6.54. The first kappa shape index (κ1) is 13.0. The maximum atomic E-state index is 13.5. The van der Waals surface area contributed by atoms with Gasteiger partial charge >= 0.3 is 0 Å². The predicted molar refractivity (Wildman–Crippen MR) is 81.5 cm³/mol. The summed E-state index contributed by atoms with van der Waals surface area (Å²) >= 11 is 2.12. The normalized spacial score (nSPS) is 10.8. The minimum atomic E-state index is -0.205. The molecule has 0 saturated heterocycles. The molecule has 18 heavy (non-hydrogen) atoms. The van der Waals surface area contributed by atoms with Crippen molar-refractivity contribution < 1.29 is 4.39 Å². The second-order valence-corrected chi connectivity index (χ2v) is 5.01. The number of nitrogens with zero attached hydrogens (tertiary/aromatic N) is 1. The summed E-state index contributed by atoms with van der Waals surface area (Å²) in [5.41, 5.74) is 5.20. The number of para-hydroxylation sites is 1. The Balaban J connectivity index is 2.10. The van der Waals surface area contributed by atoms with E-state index in [4.69, 9.17) is 0 Å². The van der Waals surface area contributed by atoms with Gasteiger partial charge in [-0.2, -0.15) is 5.10 Å². The zero-order chi connectivity index (χ0) is 13.0. The molecular weight excluding hydrogens is 342 g/mol. The summed E-state index contributed by atoms with van der Waals surface area (Å²) in [5, 5.41) is 4.08. The summed E-state index contributed by atoms with van der Waals surface area (Å²) in [4.78, 5) is 0. The van der Waals surface area contributed by atoms with Crippen molar-refractivity contribution in [3.63, 3.8) is 0 Å². The van der Waals surface area contributed by atoms with E-state index in [1.165, 1.54) is 6.07 Å². The van der Waals surface area contributed by atoms with Gasteiger partial charge in [-0.05, 0) is 64.9 Å². The van der Waals surface area contributed by atoms with Crippen molar-refractivity contribution in [1.82, 2.24) is 0 Å². The number of hydrogen-bond acceptors (Lipinski definition) is 2. The van der Waals surface area contributed by atoms with Crippen LogP contribution in [0.25, 0.3) is 0 Å². The summed E-state index contributed by atoms with van der Waals surface area (Å²) in [5.74, 6) is -0.205. The minimum absolute atomic E-state index is 0.205. The van der Waals surface area contributed by atoms with Crippen LogP contribution in [-0.2, 0) is 0 Å². The summed E-state index contributed by atoms with van der Waals surface area (Å²) in [7, 11) is 0. The van der Waals surface area contributed by atoms with Crippen molar-refractivity contribution in [3.8, 4) is 0 Å². The molecule has 0 aliphatic carbocycles. The van der Waals surface area contributed by atoms with Gasteiger partial charge in [0, 0.05) is 3.57 Å². The molecule has 0 aliphatic rings. The average Bonchev–Trinajstić information content (AvgIpc) is 2.37. The molecule has 1 N–H and O–H groups in total. The highest BCUT2D eigenvalue weighted by Crippen LogP contribution is 2.16. The Morgan fingerprint density at radius 2 is 1.94 bits per heavy atom. The minimum Gasteiger partial charge on any atom is -0.279 e. The van der Waals surface area contributed by atoms with E-state index in [1.54, 1.807) is 13.1 Å². The second kappa shape index (κ2) is 5.95. The number of hydrogen-bond donors (Lipinski definition) is 1. The Hall–Kier alpha value is -1.43. The molecule has 0 aliphatic heterocycles. The lowest BCUT2D eigenvalue weighted by Gasteiger charge is -2.02. The van der Waals surface area contributed by atoms with Crippen molar-refractivity contribution in [2.75, 3.05) is 5.43 Å². The fourth-order valence-electron chi connectivity index (χ4n) is 1.43. The third-order valence-electron chi connectivity index (χ3n) is 2.48. The molecular formula is C14H12FIN2. The fourth-order valence-corrected chi connectivity index (χ4v) is 2.05. The van der Waals surface area contributed by atoms with Crippen molar-refractivity contribution >= 4 is 34.5 Å². The van der Waals surface area contributed by atoms with E-state index in [2.05, 4.69) is 33.1 Å². The molecule has 0 saturated carbocycles. The van der Waals surface area contributed by atoms with E-state index in [-0.39, 0.29) is 5.82 Å². The Kier molecular flexibility index (Phi) is 4.30. The van der Waals surface area contributed by atoms with Crippen molar-refractivity contribution in [2.45, 2.75) is 6.92 Å². The molecule has 0 fully saturated rings. The van der Waals surface area contributed by atoms with Crippen LogP contribution < -0.4 is 5.43 Å². The lowest BCUT2D eigenvalue weighted by molar-refractivity contribution is 0.617. The molecule has 0 radical (unpaired) electrons. The molecule has 2 nitrogen and oxygen atoms in total.